The molecular formula is C9H20ClNO3. The standard InChI is InChI=1S/C9H19NO3.ClH/c1-6(12-5)7(10)8(11)13-9(2,3)4;/h6-7H,10H2,1-5H3;1H/t6-,7+;/m1./s1. The summed E-state index contributed by atoms with van der Waals surface area (Å²) < 4.78 is 10.0. The van der Waals surface area contributed by atoms with Crippen LogP contribution >= 0.6 is 12.4 Å². The molecule has 0 aromatic rings. The molecule has 0 heterocycles. The van der Waals surface area contributed by atoms with Gasteiger partial charge in [0.2, 0.25) is 0 Å². The summed E-state index contributed by atoms with van der Waals surface area (Å²) >= 11 is 0. The maximum atomic E-state index is 11.3. The Morgan fingerprint density at radius 1 is 1.36 bits per heavy atom. The van der Waals surface area contributed by atoms with Gasteiger partial charge in [-0.15, -0.1) is 12.4 Å². The van der Waals surface area contributed by atoms with Crippen LogP contribution in [0.15, 0.2) is 0 Å². The smallest absolute Gasteiger partial charge is 0.326 e. The summed E-state index contributed by atoms with van der Waals surface area (Å²) in [6.45, 7) is 7.13. The molecule has 0 unspecified atom stereocenters. The molecule has 0 radical (unpaired) electrons. The van der Waals surface area contributed by atoms with Crippen LogP contribution < -0.4 is 5.73 Å². The molecule has 4 nitrogen and oxygen atoms in total. The topological polar surface area (TPSA) is 61.5 Å². The predicted molar refractivity (Wildman–Crippen MR) is 57.5 cm³/mol. The Balaban J connectivity index is 0. The third-order valence-electron chi connectivity index (χ3n) is 1.56. The van der Waals surface area contributed by atoms with Gasteiger partial charge in [-0.1, -0.05) is 0 Å². The zero-order valence-electron chi connectivity index (χ0n) is 9.37. The number of nitrogens with two attached hydrogens (primary N) is 1. The van der Waals surface area contributed by atoms with E-state index in [9.17, 15) is 4.79 Å². The Hall–Kier alpha value is -0.320. The van der Waals surface area contributed by atoms with Crippen LogP contribution in [-0.4, -0.2) is 30.8 Å². The molecule has 86 valence electrons. The highest BCUT2D eigenvalue weighted by Gasteiger charge is 2.26. The lowest BCUT2D eigenvalue weighted by molar-refractivity contribution is -0.159. The summed E-state index contributed by atoms with van der Waals surface area (Å²) in [5, 5.41) is 0. The largest absolute Gasteiger partial charge is 0.459 e. The van der Waals surface area contributed by atoms with E-state index < -0.39 is 17.6 Å². The van der Waals surface area contributed by atoms with Gasteiger partial charge in [0.1, 0.15) is 11.6 Å². The van der Waals surface area contributed by atoms with Crippen molar-refractivity contribution in [1.82, 2.24) is 0 Å². The van der Waals surface area contributed by atoms with Crippen LogP contribution in [0.2, 0.25) is 0 Å². The van der Waals surface area contributed by atoms with Crippen molar-refractivity contribution in [3.05, 3.63) is 0 Å². The predicted octanol–water partition coefficient (Wildman–Crippen LogP) is 1.11. The molecule has 0 aromatic heterocycles. The van der Waals surface area contributed by atoms with Gasteiger partial charge in [-0.05, 0) is 27.7 Å². The minimum atomic E-state index is -0.718. The van der Waals surface area contributed by atoms with E-state index in [1.54, 1.807) is 27.7 Å². The summed E-state index contributed by atoms with van der Waals surface area (Å²) in [6.07, 6.45) is -0.324. The van der Waals surface area contributed by atoms with Crippen LogP contribution in [0.25, 0.3) is 0 Å². The molecule has 0 fully saturated rings. The fraction of sp³-hybridized carbons (Fsp3) is 0.889. The molecule has 0 saturated carbocycles. The van der Waals surface area contributed by atoms with Crippen molar-refractivity contribution in [2.75, 3.05) is 7.11 Å². The second-order valence-corrected chi connectivity index (χ2v) is 4.00. The number of ether oxygens (including phenoxy) is 2. The molecule has 5 heteroatoms. The molecule has 2 atom stereocenters. The lowest BCUT2D eigenvalue weighted by Crippen LogP contribution is -2.44. The highest BCUT2D eigenvalue weighted by molar-refractivity contribution is 5.85. The molecule has 0 aliphatic heterocycles. The Morgan fingerprint density at radius 3 is 2.07 bits per heavy atom. The minimum Gasteiger partial charge on any atom is -0.459 e. The first kappa shape index (κ1) is 16.1. The van der Waals surface area contributed by atoms with Gasteiger partial charge in [-0.25, -0.2) is 0 Å². The Kier molecular flexibility index (Phi) is 7.16. The number of methoxy groups -OCH3 is 1. The number of esters is 1. The quantitative estimate of drug-likeness (QED) is 0.731. The number of halogens is 1. The van der Waals surface area contributed by atoms with E-state index in [2.05, 4.69) is 0 Å². The van der Waals surface area contributed by atoms with Crippen LogP contribution in [0.4, 0.5) is 0 Å². The Morgan fingerprint density at radius 2 is 1.79 bits per heavy atom. The SMILES string of the molecule is CO[C@H](C)[C@H](N)C(=O)OC(C)(C)C.Cl. The summed E-state index contributed by atoms with van der Waals surface area (Å²) in [5.41, 5.74) is 5.08. The molecule has 0 spiro atoms. The van der Waals surface area contributed by atoms with Gasteiger partial charge in [0.05, 0.1) is 6.10 Å². The molecule has 0 rings (SSSR count). The van der Waals surface area contributed by atoms with Gasteiger partial charge in [0, 0.05) is 7.11 Å². The van der Waals surface area contributed by atoms with Crippen molar-refractivity contribution in [1.29, 1.82) is 0 Å². The van der Waals surface area contributed by atoms with Crippen molar-refractivity contribution >= 4 is 18.4 Å². The van der Waals surface area contributed by atoms with Crippen LogP contribution in [0.1, 0.15) is 27.7 Å². The molecule has 0 aliphatic carbocycles. The fourth-order valence-corrected chi connectivity index (χ4v) is 0.708. The van der Waals surface area contributed by atoms with Gasteiger partial charge >= 0.3 is 5.97 Å². The summed E-state index contributed by atoms with van der Waals surface area (Å²) in [7, 11) is 1.51. The van der Waals surface area contributed by atoms with Crippen LogP contribution in [0, 0.1) is 0 Å². The summed E-state index contributed by atoms with van der Waals surface area (Å²) in [4.78, 5) is 11.3. The molecule has 2 N–H and O–H groups in total. The van der Waals surface area contributed by atoms with Crippen molar-refractivity contribution in [2.24, 2.45) is 5.73 Å². The van der Waals surface area contributed by atoms with E-state index in [0.29, 0.717) is 0 Å². The maximum Gasteiger partial charge on any atom is 0.326 e. The highest BCUT2D eigenvalue weighted by atomic mass is 35.5. The second-order valence-electron chi connectivity index (χ2n) is 4.00. The molecule has 0 saturated heterocycles. The molecule has 0 aliphatic rings. The molecule has 0 bridgehead atoms. The lowest BCUT2D eigenvalue weighted by atomic mass is 10.1. The summed E-state index contributed by atoms with van der Waals surface area (Å²) in [5.74, 6) is -0.429. The van der Waals surface area contributed by atoms with Gasteiger partial charge in [0.25, 0.3) is 0 Å². The Bertz CT molecular complexity index is 179. The van der Waals surface area contributed by atoms with Crippen molar-refractivity contribution < 1.29 is 14.3 Å². The van der Waals surface area contributed by atoms with E-state index in [1.165, 1.54) is 7.11 Å². The fourth-order valence-electron chi connectivity index (χ4n) is 0.708. The van der Waals surface area contributed by atoms with Gasteiger partial charge in [-0.2, -0.15) is 0 Å². The highest BCUT2D eigenvalue weighted by Crippen LogP contribution is 2.09. The van der Waals surface area contributed by atoms with E-state index in [4.69, 9.17) is 15.2 Å². The van der Waals surface area contributed by atoms with E-state index in [0.717, 1.165) is 0 Å². The van der Waals surface area contributed by atoms with Crippen molar-refractivity contribution in [2.45, 2.75) is 45.4 Å². The number of carbonyl (C=O) groups is 1. The first-order chi connectivity index (χ1) is 5.78. The molecule has 0 amide bonds. The Labute approximate surface area is 91.5 Å². The number of carbonyl (C=O) groups excluding carboxylic acids is 1. The number of rotatable bonds is 3. The second kappa shape index (κ2) is 6.22. The average Bonchev–Trinajstić information content (AvgIpc) is 1.98. The van der Waals surface area contributed by atoms with E-state index >= 15 is 0 Å². The first-order valence-corrected chi connectivity index (χ1v) is 4.29. The summed E-state index contributed by atoms with van der Waals surface area (Å²) in [6, 6.07) is -0.718. The molecule has 0 aromatic carbocycles. The normalized spacial score (nSPS) is 15.3. The van der Waals surface area contributed by atoms with E-state index in [-0.39, 0.29) is 18.5 Å². The monoisotopic (exact) mass is 225 g/mol. The van der Waals surface area contributed by atoms with Gasteiger partial charge in [-0.3, -0.25) is 4.79 Å². The van der Waals surface area contributed by atoms with Crippen molar-refractivity contribution in [3.63, 3.8) is 0 Å². The average molecular weight is 226 g/mol. The third kappa shape index (κ3) is 6.18. The number of hydrogen-bond acceptors (Lipinski definition) is 4. The number of hydrogen-bond donors (Lipinski definition) is 1. The maximum absolute atomic E-state index is 11.3. The van der Waals surface area contributed by atoms with E-state index in [1.807, 2.05) is 0 Å². The van der Waals surface area contributed by atoms with Crippen LogP contribution in [0.3, 0.4) is 0 Å². The zero-order valence-corrected chi connectivity index (χ0v) is 10.2. The lowest BCUT2D eigenvalue weighted by Gasteiger charge is -2.24. The molecular weight excluding hydrogens is 206 g/mol. The van der Waals surface area contributed by atoms with Gasteiger partial charge in [0.15, 0.2) is 0 Å². The van der Waals surface area contributed by atoms with Gasteiger partial charge < -0.3 is 15.2 Å². The van der Waals surface area contributed by atoms with Crippen LogP contribution in [0.5, 0.6) is 0 Å². The first-order valence-electron chi connectivity index (χ1n) is 4.29. The third-order valence-corrected chi connectivity index (χ3v) is 1.56. The zero-order chi connectivity index (χ0) is 10.6. The van der Waals surface area contributed by atoms with Crippen molar-refractivity contribution in [3.8, 4) is 0 Å². The molecule has 14 heavy (non-hydrogen) atoms. The minimum absolute atomic E-state index is 0. The van der Waals surface area contributed by atoms with Crippen LogP contribution in [-0.2, 0) is 14.3 Å².